The molecule has 0 unspecified atom stereocenters. The second kappa shape index (κ2) is 6.91. The summed E-state index contributed by atoms with van der Waals surface area (Å²) >= 11 is 0. The van der Waals surface area contributed by atoms with Crippen LogP contribution in [-0.2, 0) is 0 Å². The predicted molar refractivity (Wildman–Crippen MR) is 95.6 cm³/mol. The summed E-state index contributed by atoms with van der Waals surface area (Å²) in [6, 6.07) is 13.5. The third-order valence-electron chi connectivity index (χ3n) is 3.96. The van der Waals surface area contributed by atoms with E-state index < -0.39 is 12.3 Å². The number of amides is 1. The number of aromatic nitrogens is 4. The molecule has 0 radical (unpaired) electrons. The molecule has 1 aromatic carbocycles. The SMILES string of the molecule is O=C(Nc1cccnc1)c1cnn2c(C(F)F)cc(-c3ccccc3)nc12. The van der Waals surface area contributed by atoms with E-state index in [-0.39, 0.29) is 16.9 Å². The van der Waals surface area contributed by atoms with E-state index in [9.17, 15) is 13.6 Å². The Morgan fingerprint density at radius 1 is 1.07 bits per heavy atom. The Labute approximate surface area is 152 Å². The Bertz CT molecular complexity index is 1100. The first-order valence-electron chi connectivity index (χ1n) is 8.07. The summed E-state index contributed by atoms with van der Waals surface area (Å²) in [5.74, 6) is -0.504. The molecule has 0 saturated carbocycles. The maximum Gasteiger partial charge on any atom is 0.280 e. The van der Waals surface area contributed by atoms with Crippen LogP contribution in [0.3, 0.4) is 0 Å². The highest BCUT2D eigenvalue weighted by atomic mass is 19.3. The second-order valence-corrected chi connectivity index (χ2v) is 5.72. The van der Waals surface area contributed by atoms with Gasteiger partial charge in [-0.2, -0.15) is 5.10 Å². The van der Waals surface area contributed by atoms with Gasteiger partial charge < -0.3 is 5.32 Å². The fourth-order valence-electron chi connectivity index (χ4n) is 2.69. The average molecular weight is 365 g/mol. The minimum absolute atomic E-state index is 0.0630. The number of anilines is 1. The van der Waals surface area contributed by atoms with Crippen molar-refractivity contribution in [3.05, 3.63) is 78.4 Å². The first-order chi connectivity index (χ1) is 13.1. The normalized spacial score (nSPS) is 11.1. The molecule has 0 saturated heterocycles. The molecule has 0 fully saturated rings. The first-order valence-corrected chi connectivity index (χ1v) is 8.07. The summed E-state index contributed by atoms with van der Waals surface area (Å²) in [6.45, 7) is 0. The third-order valence-corrected chi connectivity index (χ3v) is 3.96. The van der Waals surface area contributed by atoms with Crippen LogP contribution in [0.1, 0.15) is 22.5 Å². The molecular weight excluding hydrogens is 352 g/mol. The zero-order valence-corrected chi connectivity index (χ0v) is 13.9. The fourth-order valence-corrected chi connectivity index (χ4v) is 2.69. The molecule has 6 nitrogen and oxygen atoms in total. The summed E-state index contributed by atoms with van der Waals surface area (Å²) < 4.78 is 28.1. The van der Waals surface area contributed by atoms with E-state index in [0.717, 1.165) is 4.52 Å². The number of nitrogens with one attached hydrogen (secondary N) is 1. The molecular formula is C19H13F2N5O. The van der Waals surface area contributed by atoms with Gasteiger partial charge in [-0.05, 0) is 18.2 Å². The lowest BCUT2D eigenvalue weighted by atomic mass is 10.1. The molecule has 8 heteroatoms. The molecule has 4 aromatic rings. The molecule has 0 bridgehead atoms. The highest BCUT2D eigenvalue weighted by Gasteiger charge is 2.21. The van der Waals surface area contributed by atoms with E-state index in [4.69, 9.17) is 0 Å². The van der Waals surface area contributed by atoms with E-state index in [1.54, 1.807) is 42.6 Å². The van der Waals surface area contributed by atoms with Crippen LogP contribution in [0, 0.1) is 0 Å². The van der Waals surface area contributed by atoms with Crippen molar-refractivity contribution >= 4 is 17.2 Å². The lowest BCUT2D eigenvalue weighted by Crippen LogP contribution is -2.12. The molecule has 27 heavy (non-hydrogen) atoms. The number of fused-ring (bicyclic) bond motifs is 1. The quantitative estimate of drug-likeness (QED) is 0.594. The number of hydrogen-bond donors (Lipinski definition) is 1. The van der Waals surface area contributed by atoms with Crippen LogP contribution in [0.25, 0.3) is 16.9 Å². The van der Waals surface area contributed by atoms with Gasteiger partial charge in [-0.15, -0.1) is 0 Å². The molecule has 0 aliphatic heterocycles. The minimum Gasteiger partial charge on any atom is -0.320 e. The molecule has 134 valence electrons. The Balaban J connectivity index is 1.83. The molecule has 3 aromatic heterocycles. The number of hydrogen-bond acceptors (Lipinski definition) is 4. The number of carbonyl (C=O) groups is 1. The lowest BCUT2D eigenvalue weighted by molar-refractivity contribution is 0.102. The number of nitrogens with zero attached hydrogens (tertiary/aromatic N) is 4. The van der Waals surface area contributed by atoms with Gasteiger partial charge >= 0.3 is 0 Å². The van der Waals surface area contributed by atoms with Crippen molar-refractivity contribution in [1.82, 2.24) is 19.6 Å². The average Bonchev–Trinajstić information content (AvgIpc) is 3.12. The largest absolute Gasteiger partial charge is 0.320 e. The van der Waals surface area contributed by atoms with Crippen LogP contribution >= 0.6 is 0 Å². The summed E-state index contributed by atoms with van der Waals surface area (Å²) in [6.07, 6.45) is 1.52. The number of benzene rings is 1. The number of halogens is 2. The standard InChI is InChI=1S/C19H13F2N5O/c20-17(21)16-9-15(12-5-2-1-3-6-12)25-18-14(11-23-26(16)18)19(27)24-13-7-4-8-22-10-13/h1-11,17H,(H,24,27). The van der Waals surface area contributed by atoms with Crippen molar-refractivity contribution in [2.24, 2.45) is 0 Å². The number of alkyl halides is 2. The van der Waals surface area contributed by atoms with Crippen molar-refractivity contribution in [2.75, 3.05) is 5.32 Å². The lowest BCUT2D eigenvalue weighted by Gasteiger charge is -2.08. The maximum absolute atomic E-state index is 13.6. The molecule has 1 N–H and O–H groups in total. The molecule has 0 atom stereocenters. The van der Waals surface area contributed by atoms with Crippen molar-refractivity contribution in [1.29, 1.82) is 0 Å². The Kier molecular flexibility index (Phi) is 4.29. The van der Waals surface area contributed by atoms with E-state index in [1.807, 2.05) is 6.07 Å². The summed E-state index contributed by atoms with van der Waals surface area (Å²) in [5, 5.41) is 6.60. The summed E-state index contributed by atoms with van der Waals surface area (Å²) in [4.78, 5) is 20.9. The Morgan fingerprint density at radius 3 is 2.59 bits per heavy atom. The van der Waals surface area contributed by atoms with Crippen LogP contribution < -0.4 is 5.32 Å². The van der Waals surface area contributed by atoms with Crippen molar-refractivity contribution in [3.8, 4) is 11.3 Å². The van der Waals surface area contributed by atoms with E-state index in [2.05, 4.69) is 20.4 Å². The van der Waals surface area contributed by atoms with E-state index in [1.165, 1.54) is 18.5 Å². The topological polar surface area (TPSA) is 72.2 Å². The van der Waals surface area contributed by atoms with Crippen molar-refractivity contribution in [2.45, 2.75) is 6.43 Å². The monoisotopic (exact) mass is 365 g/mol. The predicted octanol–water partition coefficient (Wildman–Crippen LogP) is 3.98. The molecule has 0 aliphatic carbocycles. The van der Waals surface area contributed by atoms with Crippen LogP contribution in [0.5, 0.6) is 0 Å². The zero-order chi connectivity index (χ0) is 18.8. The highest BCUT2D eigenvalue weighted by molar-refractivity contribution is 6.08. The zero-order valence-electron chi connectivity index (χ0n) is 13.9. The van der Waals surface area contributed by atoms with Gasteiger partial charge in [-0.3, -0.25) is 9.78 Å². The van der Waals surface area contributed by atoms with Crippen molar-refractivity contribution in [3.63, 3.8) is 0 Å². The number of pyridine rings is 1. The van der Waals surface area contributed by atoms with Crippen LogP contribution in [0.15, 0.2) is 67.1 Å². The van der Waals surface area contributed by atoms with E-state index >= 15 is 0 Å². The molecule has 1 amide bonds. The highest BCUT2D eigenvalue weighted by Crippen LogP contribution is 2.26. The van der Waals surface area contributed by atoms with Gasteiger partial charge in [0.25, 0.3) is 12.3 Å². The van der Waals surface area contributed by atoms with Crippen LogP contribution in [0.4, 0.5) is 14.5 Å². The van der Waals surface area contributed by atoms with Gasteiger partial charge in [0.2, 0.25) is 0 Å². The van der Waals surface area contributed by atoms with E-state index in [0.29, 0.717) is 16.9 Å². The van der Waals surface area contributed by atoms with Gasteiger partial charge in [0.05, 0.1) is 23.8 Å². The van der Waals surface area contributed by atoms with Gasteiger partial charge in [0.15, 0.2) is 5.65 Å². The first kappa shape index (κ1) is 16.8. The summed E-state index contributed by atoms with van der Waals surface area (Å²) in [5.41, 5.74) is 1.32. The van der Waals surface area contributed by atoms with Crippen LogP contribution in [0.2, 0.25) is 0 Å². The number of carbonyl (C=O) groups excluding carboxylic acids is 1. The molecule has 0 spiro atoms. The van der Waals surface area contributed by atoms with Gasteiger partial charge in [-0.25, -0.2) is 18.3 Å². The Hall–Kier alpha value is -3.68. The van der Waals surface area contributed by atoms with Crippen LogP contribution in [-0.4, -0.2) is 25.5 Å². The van der Waals surface area contributed by atoms with Crippen molar-refractivity contribution < 1.29 is 13.6 Å². The van der Waals surface area contributed by atoms with Gasteiger partial charge in [0, 0.05) is 11.8 Å². The molecule has 0 aliphatic rings. The fraction of sp³-hybridized carbons (Fsp3) is 0.0526. The number of rotatable bonds is 4. The second-order valence-electron chi connectivity index (χ2n) is 5.72. The molecule has 4 rings (SSSR count). The van der Waals surface area contributed by atoms with Gasteiger partial charge in [0.1, 0.15) is 11.3 Å². The smallest absolute Gasteiger partial charge is 0.280 e. The third kappa shape index (κ3) is 3.24. The Morgan fingerprint density at radius 2 is 1.89 bits per heavy atom. The van der Waals surface area contributed by atoms with Gasteiger partial charge in [-0.1, -0.05) is 30.3 Å². The summed E-state index contributed by atoms with van der Waals surface area (Å²) in [7, 11) is 0. The minimum atomic E-state index is -2.77. The molecule has 3 heterocycles. The maximum atomic E-state index is 13.6.